The number of unbranched alkanes of at least 4 members (excludes halogenated alkanes) is 3. The van der Waals surface area contributed by atoms with E-state index in [1.165, 1.54) is 0 Å². The van der Waals surface area contributed by atoms with E-state index in [1.807, 2.05) is 67.6 Å². The molecule has 2 heterocycles. The lowest BCUT2D eigenvalue weighted by molar-refractivity contribution is -0.144. The van der Waals surface area contributed by atoms with Crippen LogP contribution in [0.2, 0.25) is 5.04 Å². The number of rotatable bonds is 18. The van der Waals surface area contributed by atoms with Crippen LogP contribution < -0.4 is 31.1 Å². The normalized spacial score (nSPS) is 22.0. The Balaban J connectivity index is 1.24. The number of nitrogens with zero attached hydrogens (tertiary/aromatic N) is 1. The number of nitrogens with one attached hydrogen (secondary N) is 3. The summed E-state index contributed by atoms with van der Waals surface area (Å²) in [5.41, 5.74) is -0.508. The van der Waals surface area contributed by atoms with Gasteiger partial charge in [0.15, 0.2) is 5.78 Å². The summed E-state index contributed by atoms with van der Waals surface area (Å²) in [7, 11) is -2.91. The van der Waals surface area contributed by atoms with Gasteiger partial charge in [-0.05, 0) is 85.5 Å². The van der Waals surface area contributed by atoms with E-state index in [0.717, 1.165) is 34.5 Å². The standard InChI is InChI=1S/C49H68N4O7Si/c1-8-10-33-59-37-30-28-36(29-31-37)34-41-46(57)53-32-20-26-42(53)45(56)50-40(44(55)52-49(7,9-2)47(58)51-41)25-18-13-19-27-43(54)35(3)60-61(48(4,5)6,38-21-14-11-15-22-38)39-23-16-12-17-24-39/h11-12,14-17,21-24,28-31,35,40-42H,8-10,13,18-20,25-27,32-34H2,1-7H3,(H,50,56)(H,51,58)(H,52,55)/t35-,40+,41+,42-,49+/m1/s1. The van der Waals surface area contributed by atoms with Crippen molar-refractivity contribution < 1.29 is 33.1 Å². The zero-order valence-corrected chi connectivity index (χ0v) is 38.4. The maximum Gasteiger partial charge on any atom is 0.262 e. The summed E-state index contributed by atoms with van der Waals surface area (Å²) in [6.45, 7) is 15.0. The fourth-order valence-corrected chi connectivity index (χ4v) is 13.2. The Kier molecular flexibility index (Phi) is 16.5. The van der Waals surface area contributed by atoms with Gasteiger partial charge in [0.05, 0.1) is 6.61 Å². The van der Waals surface area contributed by atoms with Crippen LogP contribution in [0.3, 0.4) is 0 Å². The number of hydrogen-bond donors (Lipinski definition) is 3. The summed E-state index contributed by atoms with van der Waals surface area (Å²) in [5.74, 6) is -0.869. The Morgan fingerprint density at radius 1 is 0.836 bits per heavy atom. The third-order valence-corrected chi connectivity index (χ3v) is 17.6. The van der Waals surface area contributed by atoms with Gasteiger partial charge in [0.2, 0.25) is 23.6 Å². The number of ketones is 1. The average Bonchev–Trinajstić information content (AvgIpc) is 3.75. The van der Waals surface area contributed by atoms with Crippen molar-refractivity contribution in [2.75, 3.05) is 13.2 Å². The topological polar surface area (TPSA) is 143 Å². The van der Waals surface area contributed by atoms with Crippen LogP contribution in [0.25, 0.3) is 0 Å². The number of fused-ring (bicyclic) bond motifs is 1. The predicted molar refractivity (Wildman–Crippen MR) is 242 cm³/mol. The molecule has 11 nitrogen and oxygen atoms in total. The molecule has 0 bridgehead atoms. The lowest BCUT2D eigenvalue weighted by Crippen LogP contribution is -2.68. The number of amides is 4. The Bertz CT molecular complexity index is 1900. The quantitative estimate of drug-likeness (QED) is 0.103. The van der Waals surface area contributed by atoms with Gasteiger partial charge in [0.25, 0.3) is 8.32 Å². The van der Waals surface area contributed by atoms with Crippen LogP contribution >= 0.6 is 0 Å². The zero-order chi connectivity index (χ0) is 44.2. The molecule has 0 unspecified atom stereocenters. The summed E-state index contributed by atoms with van der Waals surface area (Å²) in [6, 6.07) is 25.4. The van der Waals surface area contributed by atoms with Gasteiger partial charge in [-0.2, -0.15) is 0 Å². The molecule has 2 aliphatic rings. The molecular formula is C49H68N4O7Si. The van der Waals surface area contributed by atoms with Crippen molar-refractivity contribution >= 4 is 48.1 Å². The first-order chi connectivity index (χ1) is 29.1. The van der Waals surface area contributed by atoms with E-state index in [0.29, 0.717) is 58.1 Å². The molecule has 12 heteroatoms. The van der Waals surface area contributed by atoms with Gasteiger partial charge in [0, 0.05) is 19.4 Å². The molecule has 0 aliphatic carbocycles. The summed E-state index contributed by atoms with van der Waals surface area (Å²) in [4.78, 5) is 71.5. The van der Waals surface area contributed by atoms with Crippen LogP contribution in [0.5, 0.6) is 5.75 Å². The van der Waals surface area contributed by atoms with Gasteiger partial charge in [-0.15, -0.1) is 0 Å². The second-order valence-corrected chi connectivity index (χ2v) is 22.2. The zero-order valence-electron chi connectivity index (χ0n) is 37.4. The van der Waals surface area contributed by atoms with Crippen molar-refractivity contribution in [2.24, 2.45) is 0 Å². The largest absolute Gasteiger partial charge is 0.494 e. The Morgan fingerprint density at radius 2 is 1.48 bits per heavy atom. The monoisotopic (exact) mass is 852 g/mol. The summed E-state index contributed by atoms with van der Waals surface area (Å²) in [5, 5.41) is 10.8. The maximum absolute atomic E-state index is 14.2. The molecule has 0 radical (unpaired) electrons. The molecule has 4 amide bonds. The molecule has 330 valence electrons. The summed E-state index contributed by atoms with van der Waals surface area (Å²) < 4.78 is 12.8. The highest BCUT2D eigenvalue weighted by Gasteiger charge is 2.51. The molecule has 3 N–H and O–H groups in total. The molecule has 0 saturated carbocycles. The number of carbonyl (C=O) groups is 5. The number of ether oxygens (including phenoxy) is 1. The van der Waals surface area contributed by atoms with Crippen LogP contribution in [0.1, 0.15) is 118 Å². The number of hydrogen-bond acceptors (Lipinski definition) is 7. The van der Waals surface area contributed by atoms with Crippen molar-refractivity contribution in [2.45, 2.75) is 154 Å². The van der Waals surface area contributed by atoms with Crippen LogP contribution in [0.15, 0.2) is 84.9 Å². The first-order valence-corrected chi connectivity index (χ1v) is 24.3. The fourth-order valence-electron chi connectivity index (χ4n) is 8.56. The maximum atomic E-state index is 14.2. The molecule has 5 atom stereocenters. The highest BCUT2D eigenvalue weighted by molar-refractivity contribution is 6.99. The van der Waals surface area contributed by atoms with E-state index < -0.39 is 49.9 Å². The minimum atomic E-state index is -2.91. The van der Waals surface area contributed by atoms with E-state index >= 15 is 0 Å². The second kappa shape index (κ2) is 21.3. The minimum Gasteiger partial charge on any atom is -0.494 e. The molecule has 0 aromatic heterocycles. The molecule has 3 aromatic rings. The summed E-state index contributed by atoms with van der Waals surface area (Å²) >= 11 is 0. The molecule has 2 saturated heterocycles. The van der Waals surface area contributed by atoms with Crippen molar-refractivity contribution in [3.8, 4) is 5.75 Å². The van der Waals surface area contributed by atoms with Crippen molar-refractivity contribution in [1.29, 1.82) is 0 Å². The van der Waals surface area contributed by atoms with Gasteiger partial charge >= 0.3 is 0 Å². The number of carbonyl (C=O) groups excluding carboxylic acids is 5. The highest BCUT2D eigenvalue weighted by Crippen LogP contribution is 2.38. The SMILES string of the molecule is CCCCOc1ccc(C[C@@H]2NC(=O)[C@](C)(CC)NC(=O)[C@H](CCCCCC(=O)[C@@H](C)O[Si](c3ccccc3)(c3ccccc3)C(C)(C)C)NC(=O)[C@H]3CCCN3C2=O)cc1. The van der Waals surface area contributed by atoms with Gasteiger partial charge < -0.3 is 30.0 Å². The van der Waals surface area contributed by atoms with Crippen LogP contribution in [0.4, 0.5) is 0 Å². The molecule has 2 aliphatic heterocycles. The van der Waals surface area contributed by atoms with Crippen LogP contribution in [-0.2, 0) is 34.8 Å². The number of benzene rings is 3. The molecule has 61 heavy (non-hydrogen) atoms. The van der Waals surface area contributed by atoms with Crippen molar-refractivity contribution in [3.05, 3.63) is 90.5 Å². The smallest absolute Gasteiger partial charge is 0.262 e. The van der Waals surface area contributed by atoms with Crippen molar-refractivity contribution in [1.82, 2.24) is 20.9 Å². The second-order valence-electron chi connectivity index (χ2n) is 18.0. The first-order valence-electron chi connectivity index (χ1n) is 22.4. The van der Waals surface area contributed by atoms with E-state index in [2.05, 4.69) is 67.9 Å². The minimum absolute atomic E-state index is 0.0208. The molecule has 2 fully saturated rings. The number of Topliss-reactive ketones (excluding diaryl/α,β-unsaturated/α-hetero) is 1. The Labute approximate surface area is 364 Å². The molecule has 0 spiro atoms. The van der Waals surface area contributed by atoms with Gasteiger partial charge in [-0.1, -0.05) is 127 Å². The lowest BCUT2D eigenvalue weighted by Gasteiger charge is -2.44. The van der Waals surface area contributed by atoms with Gasteiger partial charge in [0.1, 0.15) is 35.5 Å². The molecule has 5 rings (SSSR count). The third kappa shape index (κ3) is 11.6. The van der Waals surface area contributed by atoms with Crippen LogP contribution in [0, 0.1) is 0 Å². The van der Waals surface area contributed by atoms with Gasteiger partial charge in [-0.25, -0.2) is 0 Å². The third-order valence-electron chi connectivity index (χ3n) is 12.5. The molecular weight excluding hydrogens is 785 g/mol. The van der Waals surface area contributed by atoms with E-state index in [4.69, 9.17) is 9.16 Å². The lowest BCUT2D eigenvalue weighted by atomic mass is 9.94. The summed E-state index contributed by atoms with van der Waals surface area (Å²) in [6.07, 6.45) is 5.32. The van der Waals surface area contributed by atoms with Gasteiger partial charge in [-0.3, -0.25) is 24.0 Å². The predicted octanol–water partition coefficient (Wildman–Crippen LogP) is 6.15. The van der Waals surface area contributed by atoms with E-state index in [-0.39, 0.29) is 35.5 Å². The highest BCUT2D eigenvalue weighted by atomic mass is 28.4. The van der Waals surface area contributed by atoms with E-state index in [9.17, 15) is 24.0 Å². The van der Waals surface area contributed by atoms with E-state index in [1.54, 1.807) is 18.7 Å². The fraction of sp³-hybridized carbons (Fsp3) is 0.531. The van der Waals surface area contributed by atoms with Crippen LogP contribution in [-0.4, -0.2) is 85.5 Å². The van der Waals surface area contributed by atoms with Crippen molar-refractivity contribution in [3.63, 3.8) is 0 Å². The molecule has 3 aromatic carbocycles. The Hall–Kier alpha value is -4.81. The Morgan fingerprint density at radius 3 is 2.07 bits per heavy atom. The average molecular weight is 853 g/mol. The first kappa shape index (κ1) is 47.2.